The SMILES string of the molecule is CC(C)C(=O)Nc1cccc(NC(=O)c2cc(Br)ccc2Cl)c1. The monoisotopic (exact) mass is 394 g/mol. The van der Waals surface area contributed by atoms with Crippen molar-refractivity contribution in [2.24, 2.45) is 5.92 Å². The summed E-state index contributed by atoms with van der Waals surface area (Å²) in [5.41, 5.74) is 1.58. The number of hydrogen-bond donors (Lipinski definition) is 2. The summed E-state index contributed by atoms with van der Waals surface area (Å²) in [5.74, 6) is -0.513. The molecule has 2 aromatic carbocycles. The van der Waals surface area contributed by atoms with Crippen LogP contribution in [-0.2, 0) is 4.79 Å². The second-order valence-electron chi connectivity index (χ2n) is 5.30. The predicted molar refractivity (Wildman–Crippen MR) is 97.0 cm³/mol. The molecule has 0 fully saturated rings. The first-order valence-corrected chi connectivity index (χ1v) is 8.21. The van der Waals surface area contributed by atoms with Gasteiger partial charge in [0.25, 0.3) is 5.91 Å². The molecule has 2 rings (SSSR count). The maximum Gasteiger partial charge on any atom is 0.257 e. The van der Waals surface area contributed by atoms with E-state index in [-0.39, 0.29) is 17.7 Å². The number of anilines is 2. The Morgan fingerprint density at radius 2 is 1.70 bits per heavy atom. The molecule has 0 aliphatic carbocycles. The molecule has 0 unspecified atom stereocenters. The second kappa shape index (κ2) is 7.62. The van der Waals surface area contributed by atoms with Crippen molar-refractivity contribution in [2.75, 3.05) is 10.6 Å². The van der Waals surface area contributed by atoms with Gasteiger partial charge in [-0.2, -0.15) is 0 Å². The minimum atomic E-state index is -0.316. The largest absolute Gasteiger partial charge is 0.326 e. The zero-order valence-corrected chi connectivity index (χ0v) is 15.0. The van der Waals surface area contributed by atoms with Crippen molar-refractivity contribution in [1.82, 2.24) is 0 Å². The summed E-state index contributed by atoms with van der Waals surface area (Å²) < 4.78 is 0.769. The normalized spacial score (nSPS) is 10.5. The summed E-state index contributed by atoms with van der Waals surface area (Å²) >= 11 is 9.37. The van der Waals surface area contributed by atoms with Gasteiger partial charge >= 0.3 is 0 Å². The highest BCUT2D eigenvalue weighted by molar-refractivity contribution is 9.10. The number of rotatable bonds is 4. The van der Waals surface area contributed by atoms with E-state index < -0.39 is 0 Å². The molecular weight excluding hydrogens is 380 g/mol. The van der Waals surface area contributed by atoms with Crippen LogP contribution in [0, 0.1) is 5.92 Å². The van der Waals surface area contributed by atoms with Crippen LogP contribution in [0.25, 0.3) is 0 Å². The minimum Gasteiger partial charge on any atom is -0.326 e. The molecule has 0 aliphatic rings. The molecule has 4 nitrogen and oxygen atoms in total. The van der Waals surface area contributed by atoms with Crippen molar-refractivity contribution in [3.05, 3.63) is 57.5 Å². The Bertz CT molecular complexity index is 747. The number of benzene rings is 2. The van der Waals surface area contributed by atoms with E-state index in [2.05, 4.69) is 26.6 Å². The molecule has 2 aromatic rings. The summed E-state index contributed by atoms with van der Waals surface area (Å²) in [7, 11) is 0. The number of nitrogens with one attached hydrogen (secondary N) is 2. The van der Waals surface area contributed by atoms with E-state index in [0.29, 0.717) is 22.0 Å². The molecule has 0 heterocycles. The molecule has 120 valence electrons. The molecule has 0 spiro atoms. The first kappa shape index (κ1) is 17.5. The van der Waals surface area contributed by atoms with Gasteiger partial charge in [0.15, 0.2) is 0 Å². The molecule has 0 atom stereocenters. The Labute approximate surface area is 148 Å². The highest BCUT2D eigenvalue weighted by Crippen LogP contribution is 2.23. The van der Waals surface area contributed by atoms with Gasteiger partial charge in [-0.15, -0.1) is 0 Å². The molecule has 0 saturated carbocycles. The van der Waals surface area contributed by atoms with E-state index in [9.17, 15) is 9.59 Å². The molecule has 23 heavy (non-hydrogen) atoms. The smallest absolute Gasteiger partial charge is 0.257 e. The molecule has 0 saturated heterocycles. The average molecular weight is 396 g/mol. The molecule has 0 bridgehead atoms. The Balaban J connectivity index is 2.15. The van der Waals surface area contributed by atoms with Gasteiger partial charge in [-0.05, 0) is 36.4 Å². The van der Waals surface area contributed by atoms with Crippen molar-refractivity contribution < 1.29 is 9.59 Å². The fourth-order valence-corrected chi connectivity index (χ4v) is 2.40. The Morgan fingerprint density at radius 3 is 2.35 bits per heavy atom. The lowest BCUT2D eigenvalue weighted by molar-refractivity contribution is -0.118. The van der Waals surface area contributed by atoms with Gasteiger partial charge in [0, 0.05) is 21.8 Å². The Kier molecular flexibility index (Phi) is 5.80. The summed E-state index contributed by atoms with van der Waals surface area (Å²) in [6.45, 7) is 3.63. The van der Waals surface area contributed by atoms with E-state index >= 15 is 0 Å². The fourth-order valence-electron chi connectivity index (χ4n) is 1.83. The van der Waals surface area contributed by atoms with Gasteiger partial charge in [0.1, 0.15) is 0 Å². The summed E-state index contributed by atoms with van der Waals surface area (Å²) in [6, 6.07) is 12.0. The lowest BCUT2D eigenvalue weighted by atomic mass is 10.2. The molecule has 0 aliphatic heterocycles. The van der Waals surface area contributed by atoms with E-state index in [1.807, 2.05) is 13.8 Å². The van der Waals surface area contributed by atoms with Crippen molar-refractivity contribution in [2.45, 2.75) is 13.8 Å². The number of hydrogen-bond acceptors (Lipinski definition) is 2. The quantitative estimate of drug-likeness (QED) is 0.769. The van der Waals surface area contributed by atoms with Crippen LogP contribution in [0.5, 0.6) is 0 Å². The van der Waals surface area contributed by atoms with Crippen molar-refractivity contribution in [1.29, 1.82) is 0 Å². The van der Waals surface area contributed by atoms with E-state index in [1.165, 1.54) is 0 Å². The van der Waals surface area contributed by atoms with Gasteiger partial charge in [-0.1, -0.05) is 47.4 Å². The van der Waals surface area contributed by atoms with Gasteiger partial charge in [0.05, 0.1) is 10.6 Å². The highest BCUT2D eigenvalue weighted by atomic mass is 79.9. The van der Waals surface area contributed by atoms with Gasteiger partial charge in [0.2, 0.25) is 5.91 Å². The maximum atomic E-state index is 12.3. The van der Waals surface area contributed by atoms with Crippen LogP contribution in [0.3, 0.4) is 0 Å². The number of amides is 2. The lowest BCUT2D eigenvalue weighted by Crippen LogP contribution is -2.18. The topological polar surface area (TPSA) is 58.2 Å². The highest BCUT2D eigenvalue weighted by Gasteiger charge is 2.12. The van der Waals surface area contributed by atoms with Crippen LogP contribution in [0.4, 0.5) is 11.4 Å². The standard InChI is InChI=1S/C17H16BrClN2O2/c1-10(2)16(22)20-12-4-3-5-13(9-12)21-17(23)14-8-11(18)6-7-15(14)19/h3-10H,1-2H3,(H,20,22)(H,21,23). The predicted octanol–water partition coefficient (Wildman–Crippen LogP) is 4.95. The van der Waals surface area contributed by atoms with Crippen LogP contribution in [0.15, 0.2) is 46.9 Å². The zero-order valence-electron chi connectivity index (χ0n) is 12.7. The van der Waals surface area contributed by atoms with Crippen LogP contribution in [-0.4, -0.2) is 11.8 Å². The van der Waals surface area contributed by atoms with Gasteiger partial charge in [-0.3, -0.25) is 9.59 Å². The Morgan fingerprint density at radius 1 is 1.04 bits per heavy atom. The van der Waals surface area contributed by atoms with Crippen molar-refractivity contribution >= 4 is 50.7 Å². The van der Waals surface area contributed by atoms with Crippen LogP contribution >= 0.6 is 27.5 Å². The third-order valence-electron chi connectivity index (χ3n) is 3.09. The lowest BCUT2D eigenvalue weighted by Gasteiger charge is -2.11. The maximum absolute atomic E-state index is 12.3. The molecule has 2 amide bonds. The summed E-state index contributed by atoms with van der Waals surface area (Å²) in [6.07, 6.45) is 0. The van der Waals surface area contributed by atoms with Crippen LogP contribution in [0.2, 0.25) is 5.02 Å². The van der Waals surface area contributed by atoms with Gasteiger partial charge < -0.3 is 10.6 Å². The molecule has 6 heteroatoms. The van der Waals surface area contributed by atoms with E-state index in [4.69, 9.17) is 11.6 Å². The number of halogens is 2. The summed E-state index contributed by atoms with van der Waals surface area (Å²) in [5, 5.41) is 5.94. The number of carbonyl (C=O) groups is 2. The summed E-state index contributed by atoms with van der Waals surface area (Å²) in [4.78, 5) is 24.1. The van der Waals surface area contributed by atoms with Gasteiger partial charge in [-0.25, -0.2) is 0 Å². The molecular formula is C17H16BrClN2O2. The first-order valence-electron chi connectivity index (χ1n) is 7.04. The van der Waals surface area contributed by atoms with Crippen molar-refractivity contribution in [3.63, 3.8) is 0 Å². The Hall–Kier alpha value is -1.85. The van der Waals surface area contributed by atoms with E-state index in [1.54, 1.807) is 42.5 Å². The average Bonchev–Trinajstić information content (AvgIpc) is 2.49. The second-order valence-corrected chi connectivity index (χ2v) is 6.63. The first-order chi connectivity index (χ1) is 10.9. The van der Waals surface area contributed by atoms with Crippen molar-refractivity contribution in [3.8, 4) is 0 Å². The van der Waals surface area contributed by atoms with E-state index in [0.717, 1.165) is 4.47 Å². The molecule has 2 N–H and O–H groups in total. The van der Waals surface area contributed by atoms with Crippen LogP contribution in [0.1, 0.15) is 24.2 Å². The molecule has 0 radical (unpaired) electrons. The molecule has 0 aromatic heterocycles. The fraction of sp³-hybridized carbons (Fsp3) is 0.176. The minimum absolute atomic E-state index is 0.0801. The number of carbonyl (C=O) groups excluding carboxylic acids is 2. The third kappa shape index (κ3) is 4.81. The third-order valence-corrected chi connectivity index (χ3v) is 3.91. The van der Waals surface area contributed by atoms with Crippen LogP contribution < -0.4 is 10.6 Å². The zero-order chi connectivity index (χ0) is 17.0.